The zero-order valence-electron chi connectivity index (χ0n) is 35.7. The lowest BCUT2D eigenvalue weighted by Crippen LogP contribution is -2.34. The van der Waals surface area contributed by atoms with Gasteiger partial charge in [-0.25, -0.2) is 4.57 Å². The zero-order chi connectivity index (χ0) is 41.2. The zero-order valence-corrected chi connectivity index (χ0v) is 36.6. The van der Waals surface area contributed by atoms with Crippen molar-refractivity contribution in [3.05, 3.63) is 36.5 Å². The van der Waals surface area contributed by atoms with E-state index in [9.17, 15) is 19.0 Å². The van der Waals surface area contributed by atoms with Gasteiger partial charge in [-0.2, -0.15) is 0 Å². The van der Waals surface area contributed by atoms with Crippen LogP contribution in [0, 0.1) is 0 Å². The molecule has 56 heavy (non-hydrogen) atoms. The molecule has 0 aliphatic rings. The third-order valence-electron chi connectivity index (χ3n) is 9.64. The molecular formula is C45H84NO9P. The van der Waals surface area contributed by atoms with Crippen molar-refractivity contribution < 1.29 is 42.7 Å². The van der Waals surface area contributed by atoms with Gasteiger partial charge in [-0.15, -0.1) is 0 Å². The maximum Gasteiger partial charge on any atom is 0.472 e. The first-order chi connectivity index (χ1) is 27.2. The first-order valence-electron chi connectivity index (χ1n) is 22.5. The Morgan fingerprint density at radius 1 is 0.571 bits per heavy atom. The number of carboxylic acid groups (broad SMARTS) is 1. The van der Waals surface area contributed by atoms with E-state index in [1.165, 1.54) is 116 Å². The standard InChI is InChI=1S/C45H84NO9P/c1-3-5-7-9-11-13-15-17-19-21-23-25-27-29-31-33-35-37-44(47)55-42(40-53-56(50,51)54-41-43(46)45(48)49)39-52-38-36-34-32-30-28-26-24-22-20-18-16-14-12-10-8-6-4-2/h14,16-17,19-20,22,42-43H,3-13,15,18,21,23-41,46H2,1-2H3,(H,48,49)(H,50,51)/b16-14-,19-17-,22-20-. The molecule has 11 heteroatoms. The minimum atomic E-state index is -4.62. The van der Waals surface area contributed by atoms with E-state index in [-0.39, 0.29) is 13.0 Å². The van der Waals surface area contributed by atoms with Crippen LogP contribution in [-0.4, -0.2) is 60.5 Å². The van der Waals surface area contributed by atoms with Gasteiger partial charge in [0.25, 0.3) is 0 Å². The maximum absolute atomic E-state index is 12.6. The monoisotopic (exact) mass is 814 g/mol. The van der Waals surface area contributed by atoms with Crippen molar-refractivity contribution >= 4 is 19.8 Å². The number of ether oxygens (including phenoxy) is 2. The highest BCUT2D eigenvalue weighted by atomic mass is 31.2. The van der Waals surface area contributed by atoms with Gasteiger partial charge >= 0.3 is 19.8 Å². The van der Waals surface area contributed by atoms with Gasteiger partial charge in [0.1, 0.15) is 12.1 Å². The molecule has 10 nitrogen and oxygen atoms in total. The van der Waals surface area contributed by atoms with Crippen molar-refractivity contribution in [2.75, 3.05) is 26.4 Å². The Morgan fingerprint density at radius 3 is 1.48 bits per heavy atom. The van der Waals surface area contributed by atoms with E-state index < -0.39 is 45.1 Å². The van der Waals surface area contributed by atoms with E-state index in [1.807, 2.05) is 0 Å². The summed E-state index contributed by atoms with van der Waals surface area (Å²) in [6, 6.07) is -1.48. The average molecular weight is 814 g/mol. The predicted octanol–water partition coefficient (Wildman–Crippen LogP) is 12.5. The minimum absolute atomic E-state index is 0.00892. The largest absolute Gasteiger partial charge is 0.480 e. The van der Waals surface area contributed by atoms with Crippen molar-refractivity contribution in [1.29, 1.82) is 0 Å². The van der Waals surface area contributed by atoms with Crippen molar-refractivity contribution in [1.82, 2.24) is 0 Å². The first kappa shape index (κ1) is 54.2. The van der Waals surface area contributed by atoms with Crippen LogP contribution >= 0.6 is 7.82 Å². The van der Waals surface area contributed by atoms with Gasteiger partial charge in [0, 0.05) is 13.0 Å². The smallest absolute Gasteiger partial charge is 0.472 e. The molecule has 0 amide bonds. The van der Waals surface area contributed by atoms with Gasteiger partial charge in [0.05, 0.1) is 19.8 Å². The molecule has 0 aliphatic carbocycles. The molecule has 0 saturated carbocycles. The summed E-state index contributed by atoms with van der Waals surface area (Å²) in [5.74, 6) is -1.79. The number of phosphoric ester groups is 1. The lowest BCUT2D eigenvalue weighted by molar-refractivity contribution is -0.154. The Morgan fingerprint density at radius 2 is 0.982 bits per heavy atom. The van der Waals surface area contributed by atoms with E-state index >= 15 is 0 Å². The molecule has 0 saturated heterocycles. The molecule has 328 valence electrons. The van der Waals surface area contributed by atoms with Gasteiger partial charge in [0.2, 0.25) is 0 Å². The lowest BCUT2D eigenvalue weighted by atomic mass is 10.1. The van der Waals surface area contributed by atoms with E-state index in [2.05, 4.69) is 50.3 Å². The SMILES string of the molecule is CCCCCC/C=C\C/C=C\CCCCCCCCOCC(COP(=O)(O)OCC(N)C(=O)O)OC(=O)CCCCCCCCC/C=C\CCCCCCCC. The molecule has 0 rings (SSSR count). The number of carbonyl (C=O) groups excluding carboxylic acids is 1. The average Bonchev–Trinajstić information content (AvgIpc) is 3.18. The van der Waals surface area contributed by atoms with Crippen LogP contribution < -0.4 is 5.73 Å². The Balaban J connectivity index is 4.24. The Kier molecular flexibility index (Phi) is 40.0. The fourth-order valence-corrected chi connectivity index (χ4v) is 6.88. The molecule has 0 aromatic rings. The Labute approximate surface area is 342 Å². The van der Waals surface area contributed by atoms with Gasteiger partial charge in [-0.05, 0) is 70.6 Å². The number of carbonyl (C=O) groups is 2. The van der Waals surface area contributed by atoms with E-state index in [1.54, 1.807) is 0 Å². The fraction of sp³-hybridized carbons (Fsp3) is 0.822. The van der Waals surface area contributed by atoms with Gasteiger partial charge in [-0.3, -0.25) is 18.6 Å². The molecule has 0 aromatic carbocycles. The number of hydrogen-bond donors (Lipinski definition) is 3. The molecule has 0 fully saturated rings. The molecule has 3 atom stereocenters. The predicted molar refractivity (Wildman–Crippen MR) is 231 cm³/mol. The van der Waals surface area contributed by atoms with Crippen LogP contribution in [0.4, 0.5) is 0 Å². The summed E-state index contributed by atoms with van der Waals surface area (Å²) in [5.41, 5.74) is 5.36. The Bertz CT molecular complexity index is 1040. The summed E-state index contributed by atoms with van der Waals surface area (Å²) in [6.07, 6.45) is 46.2. The summed E-state index contributed by atoms with van der Waals surface area (Å²) in [6.45, 7) is 3.84. The second kappa shape index (κ2) is 41.4. The van der Waals surface area contributed by atoms with Crippen LogP contribution in [0.5, 0.6) is 0 Å². The maximum atomic E-state index is 12.6. The molecule has 0 heterocycles. The fourth-order valence-electron chi connectivity index (χ4n) is 6.10. The van der Waals surface area contributed by atoms with Gasteiger partial charge in [-0.1, -0.05) is 159 Å². The molecule has 0 aromatic heterocycles. The molecule has 0 radical (unpaired) electrons. The lowest BCUT2D eigenvalue weighted by Gasteiger charge is -2.20. The number of aliphatic carboxylic acids is 1. The van der Waals surface area contributed by atoms with Crippen LogP contribution in [-0.2, 0) is 32.7 Å². The number of allylic oxidation sites excluding steroid dienone is 6. The van der Waals surface area contributed by atoms with Crippen LogP contribution in [0.1, 0.15) is 200 Å². The van der Waals surface area contributed by atoms with Crippen molar-refractivity contribution in [2.24, 2.45) is 5.73 Å². The van der Waals surface area contributed by atoms with Crippen LogP contribution in [0.15, 0.2) is 36.5 Å². The first-order valence-corrected chi connectivity index (χ1v) is 24.0. The van der Waals surface area contributed by atoms with Crippen LogP contribution in [0.3, 0.4) is 0 Å². The van der Waals surface area contributed by atoms with Crippen molar-refractivity contribution in [3.8, 4) is 0 Å². The highest BCUT2D eigenvalue weighted by molar-refractivity contribution is 7.47. The third kappa shape index (κ3) is 40.4. The van der Waals surface area contributed by atoms with E-state index in [0.717, 1.165) is 57.8 Å². The summed E-state index contributed by atoms with van der Waals surface area (Å²) >= 11 is 0. The normalized spacial score (nSPS) is 14.2. The molecular weight excluding hydrogens is 729 g/mol. The highest BCUT2D eigenvalue weighted by Gasteiger charge is 2.27. The van der Waals surface area contributed by atoms with Crippen molar-refractivity contribution in [3.63, 3.8) is 0 Å². The minimum Gasteiger partial charge on any atom is -0.480 e. The Hall–Kier alpha value is -1.81. The van der Waals surface area contributed by atoms with Crippen molar-refractivity contribution in [2.45, 2.75) is 212 Å². The number of carboxylic acids is 1. The molecule has 0 bridgehead atoms. The topological polar surface area (TPSA) is 155 Å². The number of phosphoric acid groups is 1. The number of rotatable bonds is 43. The number of nitrogens with two attached hydrogens (primary N) is 1. The van der Waals surface area contributed by atoms with Crippen LogP contribution in [0.2, 0.25) is 0 Å². The number of hydrogen-bond acceptors (Lipinski definition) is 8. The second-order valence-electron chi connectivity index (χ2n) is 15.2. The van der Waals surface area contributed by atoms with Gasteiger partial charge in [0.15, 0.2) is 0 Å². The van der Waals surface area contributed by atoms with E-state index in [4.69, 9.17) is 29.4 Å². The molecule has 0 aliphatic heterocycles. The summed E-state index contributed by atoms with van der Waals surface area (Å²) in [7, 11) is -4.62. The molecule has 4 N–H and O–H groups in total. The molecule has 3 unspecified atom stereocenters. The highest BCUT2D eigenvalue weighted by Crippen LogP contribution is 2.43. The number of esters is 1. The van der Waals surface area contributed by atoms with Gasteiger partial charge < -0.3 is 25.2 Å². The van der Waals surface area contributed by atoms with E-state index in [0.29, 0.717) is 13.0 Å². The number of unbranched alkanes of at least 4 members (excludes halogenated alkanes) is 23. The summed E-state index contributed by atoms with van der Waals surface area (Å²) in [4.78, 5) is 33.6. The molecule has 0 spiro atoms. The third-order valence-corrected chi connectivity index (χ3v) is 10.6. The summed E-state index contributed by atoms with van der Waals surface area (Å²) in [5, 5.41) is 8.90. The summed E-state index contributed by atoms with van der Waals surface area (Å²) < 4.78 is 33.4. The quantitative estimate of drug-likeness (QED) is 0.0234. The second-order valence-corrected chi connectivity index (χ2v) is 16.6. The van der Waals surface area contributed by atoms with Crippen LogP contribution in [0.25, 0.3) is 0 Å².